The zero-order valence-electron chi connectivity index (χ0n) is 9.83. The second-order valence-corrected chi connectivity index (χ2v) is 4.48. The monoisotopic (exact) mass is 206 g/mol. The number of ether oxygens (including phenoxy) is 1. The normalized spacial score (nSPS) is 11.2. The highest BCUT2D eigenvalue weighted by Gasteiger charge is 2.29. The molecule has 0 heterocycles. The fourth-order valence-corrected chi connectivity index (χ4v) is 1.63. The number of methoxy groups -OCH3 is 1. The van der Waals surface area contributed by atoms with Crippen LogP contribution in [0.4, 0.5) is 0 Å². The maximum absolute atomic E-state index is 11.5. The Hall–Kier alpha value is -1.31. The molecule has 0 aromatic heterocycles. The number of rotatable bonds is 3. The topological polar surface area (TPSA) is 26.3 Å². The Morgan fingerprint density at radius 1 is 1.33 bits per heavy atom. The van der Waals surface area contributed by atoms with Gasteiger partial charge in [-0.2, -0.15) is 0 Å². The molecule has 0 fully saturated rings. The molecule has 82 valence electrons. The van der Waals surface area contributed by atoms with Gasteiger partial charge in [-0.25, -0.2) is 0 Å². The smallest absolute Gasteiger partial charge is 0.311 e. The van der Waals surface area contributed by atoms with Gasteiger partial charge in [-0.3, -0.25) is 4.79 Å². The van der Waals surface area contributed by atoms with Gasteiger partial charge in [-0.05, 0) is 38.3 Å². The van der Waals surface area contributed by atoms with Gasteiger partial charge in [0.05, 0.1) is 12.5 Å². The van der Waals surface area contributed by atoms with Crippen LogP contribution in [0, 0.1) is 12.3 Å². The van der Waals surface area contributed by atoms with Crippen LogP contribution in [-0.4, -0.2) is 13.1 Å². The van der Waals surface area contributed by atoms with E-state index < -0.39 is 5.41 Å². The predicted octanol–water partition coefficient (Wildman–Crippen LogP) is 2.74. The Bertz CT molecular complexity index is 353. The molecule has 0 spiro atoms. The molecule has 1 aromatic carbocycles. The van der Waals surface area contributed by atoms with Crippen molar-refractivity contribution < 1.29 is 9.53 Å². The van der Waals surface area contributed by atoms with Gasteiger partial charge in [0.25, 0.3) is 0 Å². The molecule has 0 N–H and O–H groups in total. The van der Waals surface area contributed by atoms with Crippen molar-refractivity contribution in [2.75, 3.05) is 7.11 Å². The van der Waals surface area contributed by atoms with E-state index in [1.807, 2.05) is 26.0 Å². The first-order valence-electron chi connectivity index (χ1n) is 5.10. The first-order chi connectivity index (χ1) is 6.97. The van der Waals surface area contributed by atoms with Crippen molar-refractivity contribution in [3.63, 3.8) is 0 Å². The molecule has 2 heteroatoms. The molecule has 1 rings (SSSR count). The van der Waals surface area contributed by atoms with Crippen molar-refractivity contribution >= 4 is 5.97 Å². The molecule has 0 radical (unpaired) electrons. The number of esters is 1. The lowest BCUT2D eigenvalue weighted by Crippen LogP contribution is -2.28. The average Bonchev–Trinajstić information content (AvgIpc) is 2.20. The SMILES string of the molecule is COC(=O)C(C)(C)Cc1ccccc1C. The summed E-state index contributed by atoms with van der Waals surface area (Å²) in [5, 5.41) is 0. The van der Waals surface area contributed by atoms with Crippen molar-refractivity contribution in [3.05, 3.63) is 35.4 Å². The third-order valence-electron chi connectivity index (χ3n) is 2.63. The fraction of sp³-hybridized carbons (Fsp3) is 0.462. The number of aryl methyl sites for hydroxylation is 1. The Labute approximate surface area is 91.3 Å². The zero-order valence-corrected chi connectivity index (χ0v) is 9.83. The summed E-state index contributed by atoms with van der Waals surface area (Å²) in [4.78, 5) is 11.5. The highest BCUT2D eigenvalue weighted by molar-refractivity contribution is 5.76. The first kappa shape index (κ1) is 11.8. The highest BCUT2D eigenvalue weighted by Crippen LogP contribution is 2.24. The van der Waals surface area contributed by atoms with Crippen molar-refractivity contribution in [2.24, 2.45) is 5.41 Å². The second-order valence-electron chi connectivity index (χ2n) is 4.48. The van der Waals surface area contributed by atoms with E-state index in [1.165, 1.54) is 18.2 Å². The van der Waals surface area contributed by atoms with E-state index in [0.717, 1.165) is 0 Å². The fourth-order valence-electron chi connectivity index (χ4n) is 1.63. The summed E-state index contributed by atoms with van der Waals surface area (Å²) in [7, 11) is 1.43. The third kappa shape index (κ3) is 2.82. The van der Waals surface area contributed by atoms with E-state index in [1.54, 1.807) is 0 Å². The van der Waals surface area contributed by atoms with Gasteiger partial charge in [0.15, 0.2) is 0 Å². The van der Waals surface area contributed by atoms with Crippen molar-refractivity contribution in [1.29, 1.82) is 0 Å². The van der Waals surface area contributed by atoms with Crippen LogP contribution >= 0.6 is 0 Å². The molecule has 0 aliphatic rings. The molecule has 0 saturated carbocycles. The van der Waals surface area contributed by atoms with Gasteiger partial charge in [0.2, 0.25) is 0 Å². The third-order valence-corrected chi connectivity index (χ3v) is 2.63. The van der Waals surface area contributed by atoms with Gasteiger partial charge in [0, 0.05) is 0 Å². The molecule has 0 amide bonds. The van der Waals surface area contributed by atoms with E-state index in [-0.39, 0.29) is 5.97 Å². The summed E-state index contributed by atoms with van der Waals surface area (Å²) in [6.45, 7) is 5.87. The number of hydrogen-bond donors (Lipinski definition) is 0. The molecule has 0 unspecified atom stereocenters. The molecule has 0 saturated heterocycles. The Morgan fingerprint density at radius 2 is 1.93 bits per heavy atom. The van der Waals surface area contributed by atoms with Crippen LogP contribution in [0.3, 0.4) is 0 Å². The van der Waals surface area contributed by atoms with Crippen LogP contribution in [0.2, 0.25) is 0 Å². The molecule has 0 aliphatic heterocycles. The Balaban J connectivity index is 2.86. The number of carbonyl (C=O) groups is 1. The zero-order chi connectivity index (χ0) is 11.5. The van der Waals surface area contributed by atoms with Crippen molar-refractivity contribution in [2.45, 2.75) is 27.2 Å². The van der Waals surface area contributed by atoms with Gasteiger partial charge in [-0.15, -0.1) is 0 Å². The minimum Gasteiger partial charge on any atom is -0.469 e. The van der Waals surface area contributed by atoms with E-state index in [4.69, 9.17) is 4.74 Å². The van der Waals surface area contributed by atoms with Gasteiger partial charge in [0.1, 0.15) is 0 Å². The maximum Gasteiger partial charge on any atom is 0.311 e. The van der Waals surface area contributed by atoms with E-state index in [0.29, 0.717) is 6.42 Å². The lowest BCUT2D eigenvalue weighted by Gasteiger charge is -2.22. The number of hydrogen-bond acceptors (Lipinski definition) is 2. The lowest BCUT2D eigenvalue weighted by atomic mass is 9.84. The second kappa shape index (κ2) is 4.47. The van der Waals surface area contributed by atoms with Crippen LogP contribution in [0.15, 0.2) is 24.3 Å². The predicted molar refractivity (Wildman–Crippen MR) is 60.7 cm³/mol. The Kier molecular flexibility index (Phi) is 3.51. The largest absolute Gasteiger partial charge is 0.469 e. The molecular formula is C13H18O2. The average molecular weight is 206 g/mol. The minimum atomic E-state index is -0.457. The molecule has 1 aromatic rings. The summed E-state index contributed by atoms with van der Waals surface area (Å²) in [5.74, 6) is -0.161. The van der Waals surface area contributed by atoms with Crippen LogP contribution in [0.25, 0.3) is 0 Å². The molecular weight excluding hydrogens is 188 g/mol. The quantitative estimate of drug-likeness (QED) is 0.711. The minimum absolute atomic E-state index is 0.161. The summed E-state index contributed by atoms with van der Waals surface area (Å²) in [5.41, 5.74) is 1.96. The van der Waals surface area contributed by atoms with Crippen LogP contribution < -0.4 is 0 Å². The summed E-state index contributed by atoms with van der Waals surface area (Å²) < 4.78 is 4.79. The Morgan fingerprint density at radius 3 is 2.47 bits per heavy atom. The summed E-state index contributed by atoms with van der Waals surface area (Å²) >= 11 is 0. The van der Waals surface area contributed by atoms with Gasteiger partial charge < -0.3 is 4.74 Å². The highest BCUT2D eigenvalue weighted by atomic mass is 16.5. The van der Waals surface area contributed by atoms with E-state index in [2.05, 4.69) is 19.1 Å². The van der Waals surface area contributed by atoms with Crippen LogP contribution in [-0.2, 0) is 16.0 Å². The van der Waals surface area contributed by atoms with E-state index in [9.17, 15) is 4.79 Å². The molecule has 2 nitrogen and oxygen atoms in total. The molecule has 0 bridgehead atoms. The van der Waals surface area contributed by atoms with Gasteiger partial charge in [-0.1, -0.05) is 24.3 Å². The first-order valence-corrected chi connectivity index (χ1v) is 5.10. The van der Waals surface area contributed by atoms with E-state index >= 15 is 0 Å². The molecule has 0 aliphatic carbocycles. The van der Waals surface area contributed by atoms with Gasteiger partial charge >= 0.3 is 5.97 Å². The standard InChI is InChI=1S/C13H18O2/c1-10-7-5-6-8-11(10)9-13(2,3)12(14)15-4/h5-8H,9H2,1-4H3. The number of benzene rings is 1. The summed E-state index contributed by atoms with van der Waals surface area (Å²) in [6.07, 6.45) is 0.715. The van der Waals surface area contributed by atoms with Crippen LogP contribution in [0.1, 0.15) is 25.0 Å². The number of carbonyl (C=O) groups excluding carboxylic acids is 1. The van der Waals surface area contributed by atoms with Crippen LogP contribution in [0.5, 0.6) is 0 Å². The maximum atomic E-state index is 11.5. The van der Waals surface area contributed by atoms with Crippen molar-refractivity contribution in [1.82, 2.24) is 0 Å². The molecule has 0 atom stereocenters. The molecule has 15 heavy (non-hydrogen) atoms. The summed E-state index contributed by atoms with van der Waals surface area (Å²) in [6, 6.07) is 8.11. The lowest BCUT2D eigenvalue weighted by molar-refractivity contribution is -0.150. The van der Waals surface area contributed by atoms with Crippen molar-refractivity contribution in [3.8, 4) is 0 Å².